The van der Waals surface area contributed by atoms with Gasteiger partial charge in [0.2, 0.25) is 0 Å². The van der Waals surface area contributed by atoms with Crippen LogP contribution in [-0.4, -0.2) is 0 Å². The number of rotatable bonds is 4. The van der Waals surface area contributed by atoms with Crippen molar-refractivity contribution in [1.29, 1.82) is 0 Å². The first-order chi connectivity index (χ1) is 9.47. The van der Waals surface area contributed by atoms with Gasteiger partial charge in [-0.1, -0.05) is 48.0 Å². The molecule has 0 saturated carbocycles. The topological polar surface area (TPSA) is 12.0 Å². The first-order valence-electron chi connectivity index (χ1n) is 6.79. The predicted octanol–water partition coefficient (Wildman–Crippen LogP) is 5.88. The molecule has 106 valence electrons. The molecule has 1 unspecified atom stereocenters. The second kappa shape index (κ2) is 6.40. The summed E-state index contributed by atoms with van der Waals surface area (Å²) in [5.41, 5.74) is 3.43. The fraction of sp³-hybridized carbons (Fsp3) is 0.294. The number of hydrogen-bond acceptors (Lipinski definition) is 1. The Morgan fingerprint density at radius 1 is 1.00 bits per heavy atom. The number of benzene rings is 2. The van der Waals surface area contributed by atoms with Crippen molar-refractivity contribution in [2.24, 2.45) is 0 Å². The quantitative estimate of drug-likeness (QED) is 0.735. The number of hydrogen-bond donors (Lipinski definition) is 1. The van der Waals surface area contributed by atoms with Gasteiger partial charge in [-0.05, 0) is 48.2 Å². The molecule has 20 heavy (non-hydrogen) atoms. The molecular weight excluding hydrogens is 317 g/mol. The van der Waals surface area contributed by atoms with Crippen LogP contribution >= 0.6 is 15.9 Å². The van der Waals surface area contributed by atoms with Crippen molar-refractivity contribution >= 4 is 21.6 Å². The first kappa shape index (κ1) is 15.0. The van der Waals surface area contributed by atoms with Crippen LogP contribution in [0, 0.1) is 5.82 Å². The fourth-order valence-electron chi connectivity index (χ4n) is 2.14. The maximum absolute atomic E-state index is 13.1. The Balaban J connectivity index is 2.12. The van der Waals surface area contributed by atoms with Gasteiger partial charge in [0.15, 0.2) is 0 Å². The minimum Gasteiger partial charge on any atom is -0.378 e. The average Bonchev–Trinajstić information content (AvgIpc) is 2.39. The van der Waals surface area contributed by atoms with Crippen LogP contribution in [0.1, 0.15) is 43.9 Å². The number of anilines is 1. The first-order valence-corrected chi connectivity index (χ1v) is 7.58. The van der Waals surface area contributed by atoms with E-state index in [1.54, 1.807) is 6.07 Å². The second-order valence-corrected chi connectivity index (χ2v) is 6.16. The maximum atomic E-state index is 13.1. The summed E-state index contributed by atoms with van der Waals surface area (Å²) in [7, 11) is 0. The molecule has 0 bridgehead atoms. The van der Waals surface area contributed by atoms with Crippen molar-refractivity contribution < 1.29 is 4.39 Å². The summed E-state index contributed by atoms with van der Waals surface area (Å²) in [6.45, 7) is 6.43. The summed E-state index contributed by atoms with van der Waals surface area (Å²) in [4.78, 5) is 0. The highest BCUT2D eigenvalue weighted by atomic mass is 79.9. The lowest BCUT2D eigenvalue weighted by atomic mass is 10.0. The Morgan fingerprint density at radius 2 is 1.65 bits per heavy atom. The zero-order valence-corrected chi connectivity index (χ0v) is 13.5. The maximum Gasteiger partial charge on any atom is 0.124 e. The molecule has 0 spiro atoms. The van der Waals surface area contributed by atoms with E-state index in [4.69, 9.17) is 0 Å². The van der Waals surface area contributed by atoms with E-state index in [1.165, 1.54) is 17.7 Å². The highest BCUT2D eigenvalue weighted by molar-refractivity contribution is 9.10. The molecule has 0 aromatic heterocycles. The monoisotopic (exact) mass is 335 g/mol. The predicted molar refractivity (Wildman–Crippen MR) is 86.7 cm³/mol. The van der Waals surface area contributed by atoms with E-state index in [-0.39, 0.29) is 11.9 Å². The minimum absolute atomic E-state index is 0.106. The van der Waals surface area contributed by atoms with E-state index >= 15 is 0 Å². The van der Waals surface area contributed by atoms with E-state index < -0.39 is 0 Å². The third-order valence-electron chi connectivity index (χ3n) is 3.39. The van der Waals surface area contributed by atoms with Crippen LogP contribution in [0.2, 0.25) is 0 Å². The van der Waals surface area contributed by atoms with Crippen molar-refractivity contribution in [2.75, 3.05) is 5.32 Å². The van der Waals surface area contributed by atoms with Gasteiger partial charge in [0.05, 0.1) is 0 Å². The highest BCUT2D eigenvalue weighted by Crippen LogP contribution is 2.27. The number of nitrogens with one attached hydrogen (secondary N) is 1. The van der Waals surface area contributed by atoms with Crippen LogP contribution in [0.25, 0.3) is 0 Å². The Bertz CT molecular complexity index is 578. The third-order valence-corrected chi connectivity index (χ3v) is 4.08. The van der Waals surface area contributed by atoms with Gasteiger partial charge in [0.25, 0.3) is 0 Å². The molecular formula is C17H19BrFN. The third kappa shape index (κ3) is 3.60. The van der Waals surface area contributed by atoms with Crippen molar-refractivity contribution in [3.05, 3.63) is 63.9 Å². The summed E-state index contributed by atoms with van der Waals surface area (Å²) >= 11 is 3.41. The summed E-state index contributed by atoms with van der Waals surface area (Å²) in [6.07, 6.45) is 0. The minimum atomic E-state index is -0.228. The molecule has 0 heterocycles. The second-order valence-electron chi connectivity index (χ2n) is 5.31. The van der Waals surface area contributed by atoms with E-state index in [9.17, 15) is 4.39 Å². The lowest BCUT2D eigenvalue weighted by molar-refractivity contribution is 0.625. The Kier molecular flexibility index (Phi) is 4.81. The SMILES string of the molecule is CC(C)c1ccc(NC(C)c2ccc(F)cc2Br)cc1. The van der Waals surface area contributed by atoms with Gasteiger partial charge in [0, 0.05) is 16.2 Å². The van der Waals surface area contributed by atoms with Crippen LogP contribution in [0.15, 0.2) is 46.9 Å². The molecule has 0 radical (unpaired) electrons. The zero-order chi connectivity index (χ0) is 14.7. The van der Waals surface area contributed by atoms with Crippen LogP contribution in [0.4, 0.5) is 10.1 Å². The van der Waals surface area contributed by atoms with E-state index in [0.717, 1.165) is 15.7 Å². The molecule has 0 aliphatic rings. The molecule has 1 nitrogen and oxygen atoms in total. The van der Waals surface area contributed by atoms with Gasteiger partial charge in [-0.3, -0.25) is 0 Å². The van der Waals surface area contributed by atoms with Crippen molar-refractivity contribution in [2.45, 2.75) is 32.7 Å². The van der Waals surface area contributed by atoms with Crippen LogP contribution in [-0.2, 0) is 0 Å². The molecule has 0 amide bonds. The van der Waals surface area contributed by atoms with Crippen molar-refractivity contribution in [3.8, 4) is 0 Å². The van der Waals surface area contributed by atoms with Gasteiger partial charge in [0.1, 0.15) is 5.82 Å². The van der Waals surface area contributed by atoms with Gasteiger partial charge >= 0.3 is 0 Å². The van der Waals surface area contributed by atoms with Gasteiger partial charge < -0.3 is 5.32 Å². The molecule has 1 atom stereocenters. The molecule has 2 aromatic carbocycles. The molecule has 0 aliphatic carbocycles. The van der Waals surface area contributed by atoms with Crippen molar-refractivity contribution in [1.82, 2.24) is 0 Å². The van der Waals surface area contributed by atoms with Crippen LogP contribution < -0.4 is 5.32 Å². The molecule has 3 heteroatoms. The van der Waals surface area contributed by atoms with Gasteiger partial charge in [-0.25, -0.2) is 4.39 Å². The van der Waals surface area contributed by atoms with Crippen LogP contribution in [0.5, 0.6) is 0 Å². The fourth-order valence-corrected chi connectivity index (χ4v) is 2.84. The summed E-state index contributed by atoms with van der Waals surface area (Å²) in [5, 5.41) is 3.43. The highest BCUT2D eigenvalue weighted by Gasteiger charge is 2.10. The standard InChI is InChI=1S/C17H19BrFN/c1-11(2)13-4-7-15(8-5-13)20-12(3)16-9-6-14(19)10-17(16)18/h4-12,20H,1-3H3. The Labute approximate surface area is 128 Å². The Morgan fingerprint density at radius 3 is 2.20 bits per heavy atom. The lowest BCUT2D eigenvalue weighted by Gasteiger charge is -2.18. The molecule has 1 N–H and O–H groups in total. The van der Waals surface area contributed by atoms with E-state index in [0.29, 0.717) is 5.92 Å². The van der Waals surface area contributed by atoms with Gasteiger partial charge in [-0.2, -0.15) is 0 Å². The van der Waals surface area contributed by atoms with E-state index in [1.807, 2.05) is 0 Å². The molecule has 2 rings (SSSR count). The van der Waals surface area contributed by atoms with Gasteiger partial charge in [-0.15, -0.1) is 0 Å². The molecule has 2 aromatic rings. The Hall–Kier alpha value is -1.35. The number of halogens is 2. The largest absolute Gasteiger partial charge is 0.378 e. The van der Waals surface area contributed by atoms with Crippen molar-refractivity contribution in [3.63, 3.8) is 0 Å². The van der Waals surface area contributed by atoms with Crippen LogP contribution in [0.3, 0.4) is 0 Å². The summed E-state index contributed by atoms with van der Waals surface area (Å²) in [5.74, 6) is 0.307. The smallest absolute Gasteiger partial charge is 0.124 e. The molecule has 0 saturated heterocycles. The molecule has 0 aliphatic heterocycles. The normalized spacial score (nSPS) is 12.5. The molecule has 0 fully saturated rings. The van der Waals surface area contributed by atoms with E-state index in [2.05, 4.69) is 66.3 Å². The lowest BCUT2D eigenvalue weighted by Crippen LogP contribution is -2.07. The average molecular weight is 336 g/mol. The summed E-state index contributed by atoms with van der Waals surface area (Å²) in [6, 6.07) is 13.3. The zero-order valence-electron chi connectivity index (χ0n) is 12.0. The summed E-state index contributed by atoms with van der Waals surface area (Å²) < 4.78 is 13.9.